The fraction of sp³-hybridized carbons (Fsp3) is 0.154. The highest BCUT2D eigenvalue weighted by Crippen LogP contribution is 2.23. The Labute approximate surface area is 133 Å². The summed E-state index contributed by atoms with van der Waals surface area (Å²) in [6, 6.07) is 9.40. The summed E-state index contributed by atoms with van der Waals surface area (Å²) < 4.78 is 1.79. The Hall–Kier alpha value is -2.26. The minimum atomic E-state index is -0.333. The Bertz CT molecular complexity index is 861. The molecular weight excluding hydrogens is 322 g/mol. The van der Waals surface area contributed by atoms with Crippen molar-refractivity contribution in [2.24, 2.45) is 0 Å². The van der Waals surface area contributed by atoms with E-state index in [4.69, 9.17) is 0 Å². The highest BCUT2D eigenvalue weighted by atomic mass is 32.2. The lowest BCUT2D eigenvalue weighted by molar-refractivity contribution is -0.115. The molecule has 9 heteroatoms. The number of hydrogen-bond acceptors (Lipinski definition) is 7. The minimum Gasteiger partial charge on any atom is -0.315 e. The van der Waals surface area contributed by atoms with E-state index in [0.717, 1.165) is 11.9 Å². The van der Waals surface area contributed by atoms with Gasteiger partial charge in [-0.1, -0.05) is 41.3 Å². The average Bonchev–Trinajstić information content (AvgIpc) is 2.97. The Kier molecular flexibility index (Phi) is 4.16. The standard InChI is InChI=1S/C13H11N5O2S2/c1-17(9-5-3-2-4-6-9)11(20)8-21-13-16-18-10(19)7-14-15-12(18)22-13/h2-7H,8H2,1H3. The molecule has 0 bridgehead atoms. The van der Waals surface area contributed by atoms with E-state index < -0.39 is 0 Å². The van der Waals surface area contributed by atoms with Gasteiger partial charge >= 0.3 is 0 Å². The summed E-state index contributed by atoms with van der Waals surface area (Å²) in [5.74, 6) is 0.182. The van der Waals surface area contributed by atoms with Crippen molar-refractivity contribution < 1.29 is 4.79 Å². The molecule has 3 aromatic rings. The summed E-state index contributed by atoms with van der Waals surface area (Å²) in [6.45, 7) is 0. The van der Waals surface area contributed by atoms with Crippen LogP contribution in [-0.2, 0) is 4.79 Å². The molecule has 0 saturated heterocycles. The summed E-state index contributed by atoms with van der Waals surface area (Å²) in [6.07, 6.45) is 1.11. The maximum Gasteiger partial charge on any atom is 0.293 e. The normalized spacial score (nSPS) is 10.8. The van der Waals surface area contributed by atoms with Crippen molar-refractivity contribution in [2.75, 3.05) is 17.7 Å². The van der Waals surface area contributed by atoms with Crippen LogP contribution in [0.15, 0.2) is 45.7 Å². The van der Waals surface area contributed by atoms with Crippen LogP contribution in [0.3, 0.4) is 0 Å². The number of benzene rings is 1. The first-order valence-corrected chi connectivity index (χ1v) is 8.11. The van der Waals surface area contributed by atoms with Crippen molar-refractivity contribution in [3.63, 3.8) is 0 Å². The molecule has 22 heavy (non-hydrogen) atoms. The summed E-state index contributed by atoms with van der Waals surface area (Å²) in [5.41, 5.74) is 0.500. The number of anilines is 1. The van der Waals surface area contributed by atoms with Gasteiger partial charge in [0.1, 0.15) is 6.20 Å². The van der Waals surface area contributed by atoms with E-state index in [9.17, 15) is 9.59 Å². The number of carbonyl (C=O) groups is 1. The molecule has 0 atom stereocenters. The fourth-order valence-electron chi connectivity index (χ4n) is 1.73. The predicted molar refractivity (Wildman–Crippen MR) is 85.5 cm³/mol. The maximum absolute atomic E-state index is 12.2. The monoisotopic (exact) mass is 333 g/mol. The number of aromatic nitrogens is 4. The maximum atomic E-state index is 12.2. The van der Waals surface area contributed by atoms with Crippen LogP contribution in [0, 0.1) is 0 Å². The molecule has 0 saturated carbocycles. The Morgan fingerprint density at radius 3 is 2.86 bits per heavy atom. The Morgan fingerprint density at radius 1 is 1.36 bits per heavy atom. The first-order valence-electron chi connectivity index (χ1n) is 6.31. The van der Waals surface area contributed by atoms with E-state index >= 15 is 0 Å². The highest BCUT2D eigenvalue weighted by Gasteiger charge is 2.13. The molecule has 112 valence electrons. The zero-order valence-electron chi connectivity index (χ0n) is 11.5. The number of amides is 1. The molecule has 0 aliphatic carbocycles. The summed E-state index contributed by atoms with van der Waals surface area (Å²) in [4.78, 5) is 25.7. The van der Waals surface area contributed by atoms with Crippen LogP contribution in [0.5, 0.6) is 0 Å². The molecule has 7 nitrogen and oxygen atoms in total. The Morgan fingerprint density at radius 2 is 2.14 bits per heavy atom. The van der Waals surface area contributed by atoms with Crippen molar-refractivity contribution >= 4 is 39.7 Å². The van der Waals surface area contributed by atoms with Gasteiger partial charge in [-0.25, -0.2) is 0 Å². The zero-order valence-corrected chi connectivity index (χ0v) is 13.2. The van der Waals surface area contributed by atoms with Crippen molar-refractivity contribution in [3.05, 3.63) is 46.9 Å². The van der Waals surface area contributed by atoms with Crippen LogP contribution in [-0.4, -0.2) is 38.5 Å². The molecule has 0 spiro atoms. The van der Waals surface area contributed by atoms with Gasteiger partial charge in [0.05, 0.1) is 5.75 Å². The van der Waals surface area contributed by atoms with Crippen LogP contribution in [0.4, 0.5) is 5.69 Å². The van der Waals surface area contributed by atoms with Gasteiger partial charge in [0.2, 0.25) is 10.9 Å². The van der Waals surface area contributed by atoms with Crippen molar-refractivity contribution in [1.82, 2.24) is 19.8 Å². The van der Waals surface area contributed by atoms with E-state index in [1.165, 1.54) is 27.6 Å². The van der Waals surface area contributed by atoms with Gasteiger partial charge in [-0.05, 0) is 12.1 Å². The second-order valence-electron chi connectivity index (χ2n) is 4.32. The number of para-hydroxylation sites is 1. The van der Waals surface area contributed by atoms with E-state index in [0.29, 0.717) is 9.30 Å². The molecule has 0 N–H and O–H groups in total. The predicted octanol–water partition coefficient (Wildman–Crippen LogP) is 1.30. The SMILES string of the molecule is CN(C(=O)CSc1nn2c(=O)cnnc2s1)c1ccccc1. The van der Waals surface area contributed by atoms with Crippen LogP contribution in [0.1, 0.15) is 0 Å². The van der Waals surface area contributed by atoms with Gasteiger partial charge in [-0.3, -0.25) is 9.59 Å². The first-order chi connectivity index (χ1) is 10.6. The smallest absolute Gasteiger partial charge is 0.293 e. The van der Waals surface area contributed by atoms with Gasteiger partial charge in [0.25, 0.3) is 5.56 Å². The lowest BCUT2D eigenvalue weighted by Crippen LogP contribution is -2.27. The zero-order chi connectivity index (χ0) is 15.5. The van der Waals surface area contributed by atoms with E-state index in [2.05, 4.69) is 15.3 Å². The molecule has 0 aliphatic heterocycles. The number of carbonyl (C=O) groups excluding carboxylic acids is 1. The number of thioether (sulfide) groups is 1. The second kappa shape index (κ2) is 6.24. The highest BCUT2D eigenvalue weighted by molar-refractivity contribution is 8.01. The Balaban J connectivity index is 1.70. The third-order valence-electron chi connectivity index (χ3n) is 2.90. The van der Waals surface area contributed by atoms with Gasteiger partial charge < -0.3 is 4.90 Å². The largest absolute Gasteiger partial charge is 0.315 e. The molecule has 1 aromatic carbocycles. The third kappa shape index (κ3) is 3.00. The summed E-state index contributed by atoms with van der Waals surface area (Å²) >= 11 is 2.51. The quantitative estimate of drug-likeness (QED) is 0.670. The molecular formula is C13H11N5O2S2. The fourth-order valence-corrected chi connectivity index (χ4v) is 3.53. The number of hydrogen-bond donors (Lipinski definition) is 0. The van der Waals surface area contributed by atoms with E-state index in [1.54, 1.807) is 11.9 Å². The molecule has 0 radical (unpaired) electrons. The molecule has 0 aliphatic rings. The van der Waals surface area contributed by atoms with Crippen LogP contribution < -0.4 is 10.5 Å². The van der Waals surface area contributed by atoms with Gasteiger partial charge in [-0.15, -0.1) is 10.2 Å². The van der Waals surface area contributed by atoms with Crippen molar-refractivity contribution in [1.29, 1.82) is 0 Å². The van der Waals surface area contributed by atoms with Gasteiger partial charge in [-0.2, -0.15) is 9.61 Å². The van der Waals surface area contributed by atoms with E-state index in [-0.39, 0.29) is 17.2 Å². The molecule has 0 unspecified atom stereocenters. The van der Waals surface area contributed by atoms with Gasteiger partial charge in [0, 0.05) is 12.7 Å². The van der Waals surface area contributed by atoms with Crippen LogP contribution >= 0.6 is 23.1 Å². The number of fused-ring (bicyclic) bond motifs is 1. The molecule has 0 fully saturated rings. The third-order valence-corrected chi connectivity index (χ3v) is 4.92. The van der Waals surface area contributed by atoms with Crippen LogP contribution in [0.2, 0.25) is 0 Å². The van der Waals surface area contributed by atoms with Gasteiger partial charge in [0.15, 0.2) is 4.34 Å². The van der Waals surface area contributed by atoms with Crippen molar-refractivity contribution in [3.8, 4) is 0 Å². The lowest BCUT2D eigenvalue weighted by atomic mass is 10.3. The summed E-state index contributed by atoms with van der Waals surface area (Å²) in [5, 5.41) is 11.6. The first kappa shape index (κ1) is 14.7. The van der Waals surface area contributed by atoms with Crippen molar-refractivity contribution in [2.45, 2.75) is 4.34 Å². The number of rotatable bonds is 4. The molecule has 3 rings (SSSR count). The second-order valence-corrected chi connectivity index (χ2v) is 6.50. The van der Waals surface area contributed by atoms with Crippen LogP contribution in [0.25, 0.3) is 4.96 Å². The lowest BCUT2D eigenvalue weighted by Gasteiger charge is -2.16. The molecule has 2 aromatic heterocycles. The van der Waals surface area contributed by atoms with E-state index in [1.807, 2.05) is 30.3 Å². The molecule has 2 heterocycles. The summed E-state index contributed by atoms with van der Waals surface area (Å²) in [7, 11) is 1.73. The topological polar surface area (TPSA) is 80.5 Å². The average molecular weight is 333 g/mol. The minimum absolute atomic E-state index is 0.0473. The molecule has 1 amide bonds. The number of nitrogens with zero attached hydrogens (tertiary/aromatic N) is 5.